The van der Waals surface area contributed by atoms with Gasteiger partial charge in [-0.25, -0.2) is 0 Å². The number of thioether (sulfide) groups is 1. The van der Waals surface area contributed by atoms with Crippen molar-refractivity contribution >= 4 is 29.3 Å². The highest BCUT2D eigenvalue weighted by Gasteiger charge is 2.58. The zero-order chi connectivity index (χ0) is 24.5. The van der Waals surface area contributed by atoms with Gasteiger partial charge < -0.3 is 11.1 Å². The van der Waals surface area contributed by atoms with Gasteiger partial charge in [-0.1, -0.05) is 32.0 Å². The molecule has 10 heteroatoms. The Balaban J connectivity index is 2.45. The first-order valence-electron chi connectivity index (χ1n) is 9.42. The smallest absolute Gasteiger partial charge is 0.366 e. The van der Waals surface area contributed by atoms with Crippen LogP contribution < -0.4 is 11.1 Å². The molecule has 0 bridgehead atoms. The molecule has 0 spiro atoms. The minimum atomic E-state index is -5.75. The normalized spacial score (nSPS) is 12.5. The third-order valence-corrected chi connectivity index (χ3v) is 5.99. The van der Waals surface area contributed by atoms with Crippen molar-refractivity contribution in [3.63, 3.8) is 0 Å². The molecule has 2 amide bonds. The molecule has 0 aliphatic heterocycles. The standard InChI is InChI=1S/C22H23F5N2O2S/c1-12-10-13(21(23,24)22(25,26)27)8-9-16(12)29-19(31)14-6-5-7-15(17(14)18(28)30)20(2,3)11-32-4/h5-10H,11H2,1-4H3,(H2,28,30)(H,29,31). The number of hydrogen-bond acceptors (Lipinski definition) is 3. The number of anilines is 1. The van der Waals surface area contributed by atoms with Crippen LogP contribution in [0.2, 0.25) is 0 Å². The van der Waals surface area contributed by atoms with E-state index in [1.807, 2.05) is 20.1 Å². The second kappa shape index (κ2) is 9.09. The van der Waals surface area contributed by atoms with Crippen molar-refractivity contribution in [3.05, 3.63) is 64.2 Å². The van der Waals surface area contributed by atoms with Gasteiger partial charge in [0.15, 0.2) is 0 Å². The number of nitrogens with two attached hydrogens (primary N) is 1. The van der Waals surface area contributed by atoms with Crippen LogP contribution in [0.1, 0.15) is 51.3 Å². The van der Waals surface area contributed by atoms with Gasteiger partial charge in [0, 0.05) is 17.0 Å². The fourth-order valence-corrected chi connectivity index (χ4v) is 4.24. The van der Waals surface area contributed by atoms with E-state index in [1.165, 1.54) is 13.0 Å². The highest BCUT2D eigenvalue weighted by atomic mass is 32.2. The number of rotatable bonds is 7. The lowest BCUT2D eigenvalue weighted by atomic mass is 9.81. The molecule has 0 aliphatic carbocycles. The quantitative estimate of drug-likeness (QED) is 0.510. The molecule has 3 N–H and O–H groups in total. The van der Waals surface area contributed by atoms with E-state index < -0.39 is 34.9 Å². The largest absolute Gasteiger partial charge is 0.458 e. The Labute approximate surface area is 186 Å². The number of primary amides is 1. The average Bonchev–Trinajstić information content (AvgIpc) is 2.67. The van der Waals surface area contributed by atoms with Crippen LogP contribution in [0, 0.1) is 6.92 Å². The third-order valence-electron chi connectivity index (χ3n) is 4.98. The van der Waals surface area contributed by atoms with Crippen molar-refractivity contribution in [2.24, 2.45) is 5.73 Å². The number of aryl methyl sites for hydroxylation is 1. The van der Waals surface area contributed by atoms with Crippen LogP contribution in [0.25, 0.3) is 0 Å². The van der Waals surface area contributed by atoms with Crippen molar-refractivity contribution < 1.29 is 31.5 Å². The Kier molecular flexibility index (Phi) is 7.28. The molecule has 0 atom stereocenters. The molecule has 2 aromatic carbocycles. The summed E-state index contributed by atoms with van der Waals surface area (Å²) in [5.74, 6) is -5.93. The molecule has 0 aromatic heterocycles. The van der Waals surface area contributed by atoms with Crippen molar-refractivity contribution in [3.8, 4) is 0 Å². The molecule has 174 valence electrons. The van der Waals surface area contributed by atoms with Crippen molar-refractivity contribution in [2.45, 2.75) is 38.3 Å². The molecule has 0 saturated heterocycles. The topological polar surface area (TPSA) is 72.2 Å². The lowest BCUT2D eigenvalue weighted by Gasteiger charge is -2.27. The van der Waals surface area contributed by atoms with Gasteiger partial charge in [-0.05, 0) is 47.9 Å². The Morgan fingerprint density at radius 2 is 1.69 bits per heavy atom. The second-order valence-corrected chi connectivity index (χ2v) is 8.83. The molecule has 0 unspecified atom stereocenters. The van der Waals surface area contributed by atoms with E-state index in [2.05, 4.69) is 5.32 Å². The van der Waals surface area contributed by atoms with Gasteiger partial charge in [-0.2, -0.15) is 33.7 Å². The summed E-state index contributed by atoms with van der Waals surface area (Å²) in [4.78, 5) is 25.1. The number of amides is 2. The number of carbonyl (C=O) groups excluding carboxylic acids is 2. The van der Waals surface area contributed by atoms with Crippen LogP contribution in [0.15, 0.2) is 36.4 Å². The number of alkyl halides is 5. The molecule has 32 heavy (non-hydrogen) atoms. The predicted molar refractivity (Wildman–Crippen MR) is 115 cm³/mol. The summed E-state index contributed by atoms with van der Waals surface area (Å²) in [6, 6.07) is 6.92. The lowest BCUT2D eigenvalue weighted by Crippen LogP contribution is -2.33. The zero-order valence-electron chi connectivity index (χ0n) is 17.9. The van der Waals surface area contributed by atoms with Gasteiger partial charge in [-0.15, -0.1) is 0 Å². The molecule has 0 heterocycles. The van der Waals surface area contributed by atoms with Crippen molar-refractivity contribution in [1.29, 1.82) is 0 Å². The van der Waals surface area contributed by atoms with E-state index in [0.717, 1.165) is 6.07 Å². The molecule has 0 aliphatic rings. The molecular formula is C22H23F5N2O2S. The summed E-state index contributed by atoms with van der Waals surface area (Å²) >= 11 is 1.55. The summed E-state index contributed by atoms with van der Waals surface area (Å²) < 4.78 is 65.1. The van der Waals surface area contributed by atoms with Crippen LogP contribution in [0.4, 0.5) is 27.6 Å². The molecule has 2 rings (SSSR count). The number of benzene rings is 2. The number of hydrogen-bond donors (Lipinski definition) is 2. The Hall–Kier alpha value is -2.62. The van der Waals surface area contributed by atoms with Crippen LogP contribution >= 0.6 is 11.8 Å². The number of nitrogens with one attached hydrogen (secondary N) is 1. The summed E-state index contributed by atoms with van der Waals surface area (Å²) in [6.45, 7) is 5.09. The first kappa shape index (κ1) is 25.6. The van der Waals surface area contributed by atoms with Gasteiger partial charge in [0.05, 0.1) is 11.1 Å². The van der Waals surface area contributed by atoms with E-state index in [1.54, 1.807) is 23.9 Å². The summed E-state index contributed by atoms with van der Waals surface area (Å²) in [6.07, 6.45) is -3.85. The molecule has 2 aromatic rings. The SMILES string of the molecule is CSCC(C)(C)c1cccc(C(=O)Nc2ccc(C(F)(F)C(F)(F)F)cc2C)c1C(N)=O. The van der Waals surface area contributed by atoms with Gasteiger partial charge in [0.2, 0.25) is 5.91 Å². The van der Waals surface area contributed by atoms with Crippen molar-refractivity contribution in [2.75, 3.05) is 17.3 Å². The average molecular weight is 474 g/mol. The summed E-state index contributed by atoms with van der Waals surface area (Å²) in [5, 5.41) is 2.47. The maximum absolute atomic E-state index is 13.6. The summed E-state index contributed by atoms with van der Waals surface area (Å²) in [5.41, 5.74) is 4.45. The highest BCUT2D eigenvalue weighted by Crippen LogP contribution is 2.44. The van der Waals surface area contributed by atoms with E-state index in [4.69, 9.17) is 5.73 Å². The fraction of sp³-hybridized carbons (Fsp3) is 0.364. The van der Waals surface area contributed by atoms with Crippen molar-refractivity contribution in [1.82, 2.24) is 0 Å². The zero-order valence-corrected chi connectivity index (χ0v) is 18.7. The molecular weight excluding hydrogens is 451 g/mol. The number of halogens is 5. The van der Waals surface area contributed by atoms with Crippen LogP contribution in [0.3, 0.4) is 0 Å². The maximum atomic E-state index is 13.6. The minimum Gasteiger partial charge on any atom is -0.366 e. The van der Waals surface area contributed by atoms with Gasteiger partial charge >= 0.3 is 12.1 Å². The molecule has 4 nitrogen and oxygen atoms in total. The van der Waals surface area contributed by atoms with Crippen LogP contribution in [0.5, 0.6) is 0 Å². The number of carbonyl (C=O) groups is 2. The first-order chi connectivity index (χ1) is 14.6. The Bertz CT molecular complexity index is 1040. The third kappa shape index (κ3) is 5.06. The molecule has 0 fully saturated rings. The molecule has 0 saturated carbocycles. The minimum absolute atomic E-state index is 0.000678. The molecule has 0 radical (unpaired) electrons. The van der Waals surface area contributed by atoms with E-state index in [0.29, 0.717) is 23.4 Å². The lowest BCUT2D eigenvalue weighted by molar-refractivity contribution is -0.289. The van der Waals surface area contributed by atoms with Gasteiger partial charge in [0.25, 0.3) is 5.91 Å². The highest BCUT2D eigenvalue weighted by molar-refractivity contribution is 7.98. The maximum Gasteiger partial charge on any atom is 0.458 e. The van der Waals surface area contributed by atoms with Gasteiger partial charge in [-0.3, -0.25) is 9.59 Å². The summed E-state index contributed by atoms with van der Waals surface area (Å²) in [7, 11) is 0. The van der Waals surface area contributed by atoms with Crippen LogP contribution in [-0.2, 0) is 11.3 Å². The predicted octanol–water partition coefficient (Wildman–Crippen LogP) is 5.64. The monoisotopic (exact) mass is 474 g/mol. The van der Waals surface area contributed by atoms with Gasteiger partial charge in [0.1, 0.15) is 0 Å². The van der Waals surface area contributed by atoms with Crippen LogP contribution in [-0.4, -0.2) is 30.0 Å². The van der Waals surface area contributed by atoms with E-state index in [-0.39, 0.29) is 22.4 Å². The Morgan fingerprint density at radius 1 is 1.06 bits per heavy atom. The first-order valence-corrected chi connectivity index (χ1v) is 10.8. The fourth-order valence-electron chi connectivity index (χ4n) is 3.36. The van der Waals surface area contributed by atoms with E-state index >= 15 is 0 Å². The van der Waals surface area contributed by atoms with E-state index in [9.17, 15) is 31.5 Å². The second-order valence-electron chi connectivity index (χ2n) is 7.97. The Morgan fingerprint density at radius 3 is 2.19 bits per heavy atom.